The summed E-state index contributed by atoms with van der Waals surface area (Å²) in [6.45, 7) is 1.21. The van der Waals surface area contributed by atoms with E-state index in [2.05, 4.69) is 20.0 Å². The molecule has 0 spiro atoms. The molecule has 0 radical (unpaired) electrons. The van der Waals surface area contributed by atoms with Crippen LogP contribution in [0.2, 0.25) is 0 Å². The van der Waals surface area contributed by atoms with Gasteiger partial charge in [0.05, 0.1) is 34.4 Å². The topological polar surface area (TPSA) is 74.6 Å². The number of carbonyl (C=O) groups excluding carboxylic acids is 1. The van der Waals surface area contributed by atoms with E-state index in [1.54, 1.807) is 24.4 Å². The van der Waals surface area contributed by atoms with Crippen molar-refractivity contribution >= 4 is 40.4 Å². The molecule has 188 valence electrons. The Kier molecular flexibility index (Phi) is 6.66. The summed E-state index contributed by atoms with van der Waals surface area (Å²) in [5.74, 6) is 0.170. The summed E-state index contributed by atoms with van der Waals surface area (Å²) in [6.07, 6.45) is 2.78. The number of rotatable bonds is 7. The summed E-state index contributed by atoms with van der Waals surface area (Å²) in [5.41, 5.74) is -3.26. The molecule has 3 aromatic rings. The minimum atomic E-state index is -4.53. The van der Waals surface area contributed by atoms with Crippen molar-refractivity contribution in [2.45, 2.75) is 48.6 Å². The normalized spacial score (nSPS) is 21.4. The summed E-state index contributed by atoms with van der Waals surface area (Å²) in [7, 11) is 1.86. The van der Waals surface area contributed by atoms with E-state index in [1.165, 1.54) is 4.40 Å². The first-order chi connectivity index (χ1) is 16.7. The van der Waals surface area contributed by atoms with Crippen LogP contribution in [0.25, 0.3) is 16.9 Å². The Bertz CT molecular complexity index is 1220. The number of alkyl halides is 4. The van der Waals surface area contributed by atoms with Crippen molar-refractivity contribution in [1.82, 2.24) is 24.0 Å². The molecule has 1 amide bonds. The van der Waals surface area contributed by atoms with Crippen molar-refractivity contribution in [3.63, 3.8) is 0 Å². The molecular weight excluding hydrogens is 504 g/mol. The predicted molar refractivity (Wildman–Crippen MR) is 127 cm³/mol. The number of nitrogens with zero attached hydrogens (tertiary/aromatic N) is 4. The molecule has 0 bridgehead atoms. The standard InChI is InChI=1S/C22H24F4N6OS2/c1-31-8-6-15(14(23)11-31)28-16-3-2-7-32-17(16)9-13(21(32)34-22(24,25)26)19-29-18(35-30-19)10-27-20(33)12-4-5-12/h2-3,7,9,12,14-15,28H,4-6,8,10-11H2,1H3,(H,27,33)/t14?,15-/m1/s1. The van der Waals surface area contributed by atoms with Crippen LogP contribution in [-0.4, -0.2) is 62.4 Å². The fourth-order valence-corrected chi connectivity index (χ4v) is 5.51. The van der Waals surface area contributed by atoms with Gasteiger partial charge in [0, 0.05) is 37.0 Å². The zero-order chi connectivity index (χ0) is 24.7. The number of piperidine rings is 1. The van der Waals surface area contributed by atoms with E-state index in [1.807, 2.05) is 11.9 Å². The van der Waals surface area contributed by atoms with Gasteiger partial charge in [-0.1, -0.05) is 0 Å². The van der Waals surface area contributed by atoms with Crippen LogP contribution in [0, 0.1) is 5.92 Å². The predicted octanol–water partition coefficient (Wildman–Crippen LogP) is 4.55. The average Bonchev–Trinajstić information content (AvgIpc) is 3.44. The number of carbonyl (C=O) groups is 1. The van der Waals surface area contributed by atoms with E-state index in [-0.39, 0.29) is 46.5 Å². The van der Waals surface area contributed by atoms with Gasteiger partial charge < -0.3 is 19.9 Å². The van der Waals surface area contributed by atoms with Gasteiger partial charge >= 0.3 is 5.51 Å². The highest BCUT2D eigenvalue weighted by molar-refractivity contribution is 8.00. The summed E-state index contributed by atoms with van der Waals surface area (Å²) < 4.78 is 60.8. The van der Waals surface area contributed by atoms with Gasteiger partial charge in [-0.3, -0.25) is 4.79 Å². The number of aromatic nitrogens is 3. The molecule has 35 heavy (non-hydrogen) atoms. The molecule has 1 unspecified atom stereocenters. The lowest BCUT2D eigenvalue weighted by Crippen LogP contribution is -2.46. The van der Waals surface area contributed by atoms with Gasteiger partial charge in [0.2, 0.25) is 5.91 Å². The first kappa shape index (κ1) is 24.3. The van der Waals surface area contributed by atoms with Crippen LogP contribution in [0.4, 0.5) is 23.2 Å². The van der Waals surface area contributed by atoms with E-state index in [0.29, 0.717) is 29.2 Å². The maximum absolute atomic E-state index is 14.6. The number of amides is 1. The lowest BCUT2D eigenvalue weighted by Gasteiger charge is -2.33. The number of likely N-dealkylation sites (tertiary alicyclic amines) is 1. The summed E-state index contributed by atoms with van der Waals surface area (Å²) in [6, 6.07) is 4.54. The molecule has 1 saturated heterocycles. The molecule has 13 heteroatoms. The zero-order valence-corrected chi connectivity index (χ0v) is 20.4. The third-order valence-electron chi connectivity index (χ3n) is 6.13. The van der Waals surface area contributed by atoms with Crippen LogP contribution in [0.15, 0.2) is 29.4 Å². The van der Waals surface area contributed by atoms with E-state index >= 15 is 0 Å². The molecular formula is C22H24F4N6OS2. The first-order valence-electron chi connectivity index (χ1n) is 11.3. The van der Waals surface area contributed by atoms with Crippen LogP contribution in [0.3, 0.4) is 0 Å². The SMILES string of the molecule is CN1CC[C@@H](Nc2cccn3c(SC(F)(F)F)c(-c4nsc(CNC(=O)C5CC5)n4)cc23)C(F)C1. The number of pyridine rings is 1. The maximum atomic E-state index is 14.6. The quantitative estimate of drug-likeness (QED) is 0.346. The van der Waals surface area contributed by atoms with Gasteiger partial charge in [-0.2, -0.15) is 17.5 Å². The van der Waals surface area contributed by atoms with Crippen molar-refractivity contribution in [3.05, 3.63) is 29.4 Å². The largest absolute Gasteiger partial charge is 0.447 e. The van der Waals surface area contributed by atoms with Gasteiger partial charge in [-0.25, -0.2) is 9.37 Å². The van der Waals surface area contributed by atoms with Crippen LogP contribution in [0.1, 0.15) is 24.3 Å². The molecule has 1 aliphatic carbocycles. The number of hydrogen-bond acceptors (Lipinski definition) is 7. The molecule has 0 aromatic carbocycles. The highest BCUT2D eigenvalue weighted by Gasteiger charge is 2.34. The summed E-state index contributed by atoms with van der Waals surface area (Å²) in [5, 5.41) is 6.45. The van der Waals surface area contributed by atoms with E-state index in [9.17, 15) is 22.4 Å². The summed E-state index contributed by atoms with van der Waals surface area (Å²) >= 11 is 0.806. The Hall–Kier alpha value is -2.38. The first-order valence-corrected chi connectivity index (χ1v) is 12.9. The van der Waals surface area contributed by atoms with Gasteiger partial charge in [-0.15, -0.1) is 0 Å². The molecule has 1 aliphatic heterocycles. The Morgan fingerprint density at radius 2 is 2.11 bits per heavy atom. The van der Waals surface area contributed by atoms with Gasteiger partial charge in [0.25, 0.3) is 0 Å². The minimum Gasteiger partial charge on any atom is -0.378 e. The molecule has 1 saturated carbocycles. The second kappa shape index (κ2) is 9.58. The molecule has 4 heterocycles. The zero-order valence-electron chi connectivity index (χ0n) is 18.8. The van der Waals surface area contributed by atoms with Crippen LogP contribution < -0.4 is 10.6 Å². The van der Waals surface area contributed by atoms with Gasteiger partial charge in [0.15, 0.2) is 5.82 Å². The van der Waals surface area contributed by atoms with Crippen molar-refractivity contribution in [1.29, 1.82) is 0 Å². The lowest BCUT2D eigenvalue weighted by atomic mass is 10.0. The Morgan fingerprint density at radius 3 is 2.83 bits per heavy atom. The molecule has 7 nitrogen and oxygen atoms in total. The number of fused-ring (bicyclic) bond motifs is 1. The number of thioether (sulfide) groups is 1. The van der Waals surface area contributed by atoms with Crippen molar-refractivity contribution in [2.75, 3.05) is 25.5 Å². The Morgan fingerprint density at radius 1 is 1.31 bits per heavy atom. The Labute approximate surface area is 207 Å². The number of halogens is 4. The number of nitrogens with one attached hydrogen (secondary N) is 2. The highest BCUT2D eigenvalue weighted by atomic mass is 32.2. The molecule has 2 fully saturated rings. The van der Waals surface area contributed by atoms with Crippen molar-refractivity contribution in [3.8, 4) is 11.4 Å². The smallest absolute Gasteiger partial charge is 0.378 e. The van der Waals surface area contributed by atoms with Gasteiger partial charge in [-0.05, 0) is 56.0 Å². The molecule has 3 aromatic heterocycles. The van der Waals surface area contributed by atoms with E-state index in [4.69, 9.17) is 0 Å². The van der Waals surface area contributed by atoms with Crippen LogP contribution in [-0.2, 0) is 11.3 Å². The second-order valence-electron chi connectivity index (χ2n) is 8.91. The fraction of sp³-hybridized carbons (Fsp3) is 0.500. The number of hydrogen-bond donors (Lipinski definition) is 2. The fourth-order valence-electron chi connectivity index (χ4n) is 4.18. The highest BCUT2D eigenvalue weighted by Crippen LogP contribution is 2.44. The molecule has 5 rings (SSSR count). The summed E-state index contributed by atoms with van der Waals surface area (Å²) in [4.78, 5) is 18.2. The van der Waals surface area contributed by atoms with Crippen LogP contribution in [0.5, 0.6) is 0 Å². The van der Waals surface area contributed by atoms with E-state index < -0.39 is 17.7 Å². The lowest BCUT2D eigenvalue weighted by molar-refractivity contribution is -0.122. The van der Waals surface area contributed by atoms with E-state index in [0.717, 1.165) is 30.9 Å². The minimum absolute atomic E-state index is 0.0412. The maximum Gasteiger partial charge on any atom is 0.447 e. The average molecular weight is 529 g/mol. The third-order valence-corrected chi connectivity index (χ3v) is 7.68. The number of anilines is 1. The molecule has 2 aliphatic rings. The monoisotopic (exact) mass is 528 g/mol. The second-order valence-corrected chi connectivity index (χ2v) is 10.8. The third kappa shape index (κ3) is 5.56. The molecule has 2 N–H and O–H groups in total. The molecule has 2 atom stereocenters. The van der Waals surface area contributed by atoms with Gasteiger partial charge in [0.1, 0.15) is 11.2 Å². The Balaban J connectivity index is 1.46. The van der Waals surface area contributed by atoms with Crippen molar-refractivity contribution < 1.29 is 22.4 Å². The van der Waals surface area contributed by atoms with Crippen molar-refractivity contribution in [2.24, 2.45) is 5.92 Å². The van der Waals surface area contributed by atoms with Crippen LogP contribution >= 0.6 is 23.3 Å².